The molecular formula is C22H23ClF2N4O5. The zero-order chi connectivity index (χ0) is 24.8. The molecule has 12 heteroatoms. The van der Waals surface area contributed by atoms with Crippen LogP contribution < -0.4 is 20.7 Å². The predicted molar refractivity (Wildman–Crippen MR) is 120 cm³/mol. The van der Waals surface area contributed by atoms with E-state index >= 15 is 0 Å². The molecule has 0 aliphatic carbocycles. The van der Waals surface area contributed by atoms with Crippen LogP contribution in [0.25, 0.3) is 0 Å². The summed E-state index contributed by atoms with van der Waals surface area (Å²) in [6, 6.07) is 7.09. The van der Waals surface area contributed by atoms with E-state index in [1.807, 2.05) is 4.90 Å². The summed E-state index contributed by atoms with van der Waals surface area (Å²) in [4.78, 5) is 42.3. The van der Waals surface area contributed by atoms with Gasteiger partial charge in [-0.2, -0.15) is 8.78 Å². The average Bonchev–Trinajstić information content (AvgIpc) is 2.80. The van der Waals surface area contributed by atoms with Crippen molar-refractivity contribution in [2.45, 2.75) is 32.5 Å². The SMILES string of the molecule is CC(OC(=O)C1CCN(c2ccc(C(N)=O)cn2)CC1)C(=O)Nc1ccc(OC(F)F)c(Cl)c1. The Balaban J connectivity index is 1.48. The Labute approximate surface area is 199 Å². The number of primary amides is 1. The van der Waals surface area contributed by atoms with Crippen LogP contribution in [-0.4, -0.2) is 48.6 Å². The number of rotatable bonds is 8. The first-order valence-electron chi connectivity index (χ1n) is 10.4. The van der Waals surface area contributed by atoms with Crippen LogP contribution in [0.5, 0.6) is 5.75 Å². The molecule has 182 valence electrons. The topological polar surface area (TPSA) is 124 Å². The van der Waals surface area contributed by atoms with Gasteiger partial charge in [-0.3, -0.25) is 14.4 Å². The fourth-order valence-electron chi connectivity index (χ4n) is 3.40. The van der Waals surface area contributed by atoms with E-state index < -0.39 is 30.5 Å². The van der Waals surface area contributed by atoms with Gasteiger partial charge in [0.05, 0.1) is 16.5 Å². The number of alkyl halides is 2. The number of halogens is 3. The number of hydrogen-bond acceptors (Lipinski definition) is 7. The lowest BCUT2D eigenvalue weighted by Gasteiger charge is -2.32. The normalized spacial score (nSPS) is 15.0. The smallest absolute Gasteiger partial charge is 0.387 e. The minimum atomic E-state index is -3.03. The third kappa shape index (κ3) is 6.53. The third-order valence-corrected chi connectivity index (χ3v) is 5.56. The largest absolute Gasteiger partial charge is 0.452 e. The summed E-state index contributed by atoms with van der Waals surface area (Å²) in [5.41, 5.74) is 5.77. The van der Waals surface area contributed by atoms with Crippen molar-refractivity contribution >= 4 is 40.9 Å². The lowest BCUT2D eigenvalue weighted by atomic mass is 9.97. The van der Waals surface area contributed by atoms with Crippen molar-refractivity contribution < 1.29 is 32.6 Å². The molecule has 1 aromatic heterocycles. The van der Waals surface area contributed by atoms with Crippen LogP contribution in [-0.2, 0) is 14.3 Å². The number of hydrogen-bond donors (Lipinski definition) is 2. The molecule has 2 aromatic rings. The molecule has 0 radical (unpaired) electrons. The number of anilines is 2. The molecular weight excluding hydrogens is 474 g/mol. The van der Waals surface area contributed by atoms with Gasteiger partial charge in [0.2, 0.25) is 5.91 Å². The Morgan fingerprint density at radius 1 is 1.21 bits per heavy atom. The van der Waals surface area contributed by atoms with Gasteiger partial charge < -0.3 is 25.4 Å². The minimum Gasteiger partial charge on any atom is -0.452 e. The number of nitrogens with zero attached hydrogens (tertiary/aromatic N) is 2. The van der Waals surface area contributed by atoms with Gasteiger partial charge in [-0.05, 0) is 50.1 Å². The summed E-state index contributed by atoms with van der Waals surface area (Å²) in [7, 11) is 0. The van der Waals surface area contributed by atoms with Crippen molar-refractivity contribution in [2.75, 3.05) is 23.3 Å². The lowest BCUT2D eigenvalue weighted by molar-refractivity contribution is -0.157. The maximum atomic E-state index is 12.5. The zero-order valence-electron chi connectivity index (χ0n) is 18.2. The van der Waals surface area contributed by atoms with Gasteiger partial charge in [-0.1, -0.05) is 11.6 Å². The van der Waals surface area contributed by atoms with Gasteiger partial charge in [0, 0.05) is 25.0 Å². The number of ether oxygens (including phenoxy) is 2. The maximum absolute atomic E-state index is 12.5. The second-order valence-electron chi connectivity index (χ2n) is 7.62. The summed E-state index contributed by atoms with van der Waals surface area (Å²) < 4.78 is 34.2. The van der Waals surface area contributed by atoms with Crippen molar-refractivity contribution in [1.29, 1.82) is 0 Å². The van der Waals surface area contributed by atoms with Crippen LogP contribution in [0.2, 0.25) is 5.02 Å². The molecule has 9 nitrogen and oxygen atoms in total. The van der Waals surface area contributed by atoms with Crippen molar-refractivity contribution in [3.8, 4) is 5.75 Å². The van der Waals surface area contributed by atoms with Crippen LogP contribution >= 0.6 is 11.6 Å². The Morgan fingerprint density at radius 2 is 1.91 bits per heavy atom. The molecule has 2 heterocycles. The molecule has 1 atom stereocenters. The zero-order valence-corrected chi connectivity index (χ0v) is 18.9. The van der Waals surface area contributed by atoms with Gasteiger partial charge in [-0.25, -0.2) is 4.98 Å². The van der Waals surface area contributed by atoms with Crippen LogP contribution in [0.3, 0.4) is 0 Å². The predicted octanol–water partition coefficient (Wildman–Crippen LogP) is 3.22. The van der Waals surface area contributed by atoms with Gasteiger partial charge in [-0.15, -0.1) is 0 Å². The average molecular weight is 497 g/mol. The van der Waals surface area contributed by atoms with Crippen LogP contribution in [0.1, 0.15) is 30.1 Å². The molecule has 3 N–H and O–H groups in total. The van der Waals surface area contributed by atoms with Gasteiger partial charge >= 0.3 is 12.6 Å². The van der Waals surface area contributed by atoms with Crippen molar-refractivity contribution in [3.63, 3.8) is 0 Å². The molecule has 1 fully saturated rings. The highest BCUT2D eigenvalue weighted by molar-refractivity contribution is 6.32. The molecule has 3 rings (SSSR count). The van der Waals surface area contributed by atoms with Gasteiger partial charge in [0.1, 0.15) is 11.6 Å². The number of benzene rings is 1. The van der Waals surface area contributed by atoms with E-state index in [0.29, 0.717) is 37.3 Å². The van der Waals surface area contributed by atoms with E-state index in [2.05, 4.69) is 15.0 Å². The van der Waals surface area contributed by atoms with Crippen LogP contribution in [0.15, 0.2) is 36.5 Å². The molecule has 1 saturated heterocycles. The number of nitrogens with one attached hydrogen (secondary N) is 1. The molecule has 2 amide bonds. The van der Waals surface area contributed by atoms with E-state index in [-0.39, 0.29) is 22.4 Å². The number of carbonyl (C=O) groups excluding carboxylic acids is 3. The number of piperidine rings is 1. The van der Waals surface area contributed by atoms with E-state index in [1.165, 1.54) is 31.3 Å². The van der Waals surface area contributed by atoms with Gasteiger partial charge in [0.25, 0.3) is 5.91 Å². The molecule has 1 aliphatic rings. The molecule has 0 bridgehead atoms. The highest BCUT2D eigenvalue weighted by atomic mass is 35.5. The summed E-state index contributed by atoms with van der Waals surface area (Å²) in [5.74, 6) is -1.56. The third-order valence-electron chi connectivity index (χ3n) is 5.26. The Hall–Kier alpha value is -3.47. The number of carbonyl (C=O) groups is 3. The summed E-state index contributed by atoms with van der Waals surface area (Å²) >= 11 is 5.88. The second kappa shape index (κ2) is 11.1. The molecule has 1 unspecified atom stereocenters. The van der Waals surface area contributed by atoms with Crippen LogP contribution in [0.4, 0.5) is 20.3 Å². The van der Waals surface area contributed by atoms with Crippen molar-refractivity contribution in [2.24, 2.45) is 11.7 Å². The van der Waals surface area contributed by atoms with Crippen molar-refractivity contribution in [1.82, 2.24) is 4.98 Å². The first-order valence-corrected chi connectivity index (χ1v) is 10.8. The standard InChI is InChI=1S/C22H23ClF2N4O5/c1-12(20(31)28-15-3-4-17(16(23)10-15)34-22(24)25)33-21(32)13-6-8-29(9-7-13)18-5-2-14(11-27-18)19(26)30/h2-5,10-13,22H,6-9H2,1H3,(H2,26,30)(H,28,31). The first-order chi connectivity index (χ1) is 16.1. The fourth-order valence-corrected chi connectivity index (χ4v) is 3.63. The number of nitrogens with two attached hydrogens (primary N) is 1. The molecule has 0 spiro atoms. The highest BCUT2D eigenvalue weighted by Crippen LogP contribution is 2.29. The van der Waals surface area contributed by atoms with E-state index in [4.69, 9.17) is 22.1 Å². The van der Waals surface area contributed by atoms with E-state index in [9.17, 15) is 23.2 Å². The van der Waals surface area contributed by atoms with E-state index in [0.717, 1.165) is 0 Å². The van der Waals surface area contributed by atoms with Crippen LogP contribution in [0, 0.1) is 5.92 Å². The van der Waals surface area contributed by atoms with Crippen molar-refractivity contribution in [3.05, 3.63) is 47.1 Å². The monoisotopic (exact) mass is 496 g/mol. The summed E-state index contributed by atoms with van der Waals surface area (Å²) in [6.45, 7) is -0.491. The molecule has 1 aromatic carbocycles. The number of pyridine rings is 1. The highest BCUT2D eigenvalue weighted by Gasteiger charge is 2.29. The lowest BCUT2D eigenvalue weighted by Crippen LogP contribution is -2.39. The maximum Gasteiger partial charge on any atom is 0.387 e. The number of aromatic nitrogens is 1. The number of esters is 1. The second-order valence-corrected chi connectivity index (χ2v) is 8.03. The number of amides is 2. The first kappa shape index (κ1) is 25.2. The molecule has 0 saturated carbocycles. The molecule has 1 aliphatic heterocycles. The summed E-state index contributed by atoms with van der Waals surface area (Å²) in [5, 5.41) is 2.42. The Bertz CT molecular complexity index is 1050. The fraction of sp³-hybridized carbons (Fsp3) is 0.364. The Morgan fingerprint density at radius 3 is 2.47 bits per heavy atom. The van der Waals surface area contributed by atoms with E-state index in [1.54, 1.807) is 12.1 Å². The molecule has 34 heavy (non-hydrogen) atoms. The Kier molecular flexibility index (Phi) is 8.21. The minimum absolute atomic E-state index is 0.103. The summed E-state index contributed by atoms with van der Waals surface area (Å²) in [6.07, 6.45) is 1.34. The van der Waals surface area contributed by atoms with Gasteiger partial charge in [0.15, 0.2) is 6.10 Å². The quantitative estimate of drug-likeness (QED) is 0.538.